The van der Waals surface area contributed by atoms with Crippen molar-refractivity contribution in [3.05, 3.63) is 0 Å². The molecule has 0 aromatic carbocycles. The van der Waals surface area contributed by atoms with E-state index in [1.54, 1.807) is 6.92 Å². The zero-order chi connectivity index (χ0) is 29.9. The molecule has 0 fully saturated rings. The normalized spacial score (nSPS) is 14.2. The third kappa shape index (κ3) is 23.8. The van der Waals surface area contributed by atoms with Gasteiger partial charge in [0.2, 0.25) is 0 Å². The molecule has 1 unspecified atom stereocenters. The van der Waals surface area contributed by atoms with E-state index in [1.165, 1.54) is 122 Å². The Morgan fingerprint density at radius 3 is 1.39 bits per heavy atom. The van der Waals surface area contributed by atoms with Crippen LogP contribution in [-0.2, 0) is 19.1 Å². The smallest absolute Gasteiger partial charge is 0.306 e. The molecule has 1 atom stereocenters. The molecule has 1 aliphatic heterocycles. The van der Waals surface area contributed by atoms with Gasteiger partial charge in [-0.2, -0.15) is 10.2 Å². The van der Waals surface area contributed by atoms with Crippen molar-refractivity contribution in [2.24, 2.45) is 10.2 Å². The van der Waals surface area contributed by atoms with Gasteiger partial charge in [0.25, 0.3) is 0 Å². The molecule has 0 aliphatic carbocycles. The number of esters is 2. The fourth-order valence-electron chi connectivity index (χ4n) is 5.48. The molecule has 0 spiro atoms. The SMILES string of the molecule is CCCCCCCCCCCCCC(=O)OCC(C)OC(=O)CCCCCCCCCCCCC1(CCCC)N=N1. The Kier molecular flexibility index (Phi) is 24.0. The Bertz CT molecular complexity index is 661. The van der Waals surface area contributed by atoms with E-state index in [0.717, 1.165) is 38.5 Å². The molecule has 1 heterocycles. The van der Waals surface area contributed by atoms with Crippen LogP contribution in [0.25, 0.3) is 0 Å². The summed E-state index contributed by atoms with van der Waals surface area (Å²) in [5.74, 6) is -0.355. The van der Waals surface area contributed by atoms with Gasteiger partial charge in [0.05, 0.1) is 0 Å². The monoisotopic (exact) mass is 579 g/mol. The first-order valence-corrected chi connectivity index (χ1v) is 17.8. The molecule has 0 saturated carbocycles. The van der Waals surface area contributed by atoms with Gasteiger partial charge in [-0.3, -0.25) is 9.59 Å². The topological polar surface area (TPSA) is 77.3 Å². The third-order valence-corrected chi connectivity index (χ3v) is 8.32. The molecule has 240 valence electrons. The number of unbranched alkanes of at least 4 members (excludes halogenated alkanes) is 20. The van der Waals surface area contributed by atoms with Crippen molar-refractivity contribution < 1.29 is 19.1 Å². The van der Waals surface area contributed by atoms with Gasteiger partial charge < -0.3 is 9.47 Å². The lowest BCUT2D eigenvalue weighted by Gasteiger charge is -2.13. The van der Waals surface area contributed by atoms with E-state index < -0.39 is 0 Å². The van der Waals surface area contributed by atoms with Gasteiger partial charge in [0.15, 0.2) is 5.66 Å². The van der Waals surface area contributed by atoms with E-state index in [-0.39, 0.29) is 30.3 Å². The molecule has 0 bridgehead atoms. The second-order valence-electron chi connectivity index (χ2n) is 12.6. The lowest BCUT2D eigenvalue weighted by atomic mass is 9.98. The first-order valence-electron chi connectivity index (χ1n) is 17.8. The average Bonchev–Trinajstić information content (AvgIpc) is 3.74. The van der Waals surface area contributed by atoms with Crippen molar-refractivity contribution in [3.8, 4) is 0 Å². The van der Waals surface area contributed by atoms with Crippen molar-refractivity contribution in [3.63, 3.8) is 0 Å². The molecule has 41 heavy (non-hydrogen) atoms. The van der Waals surface area contributed by atoms with Gasteiger partial charge in [-0.05, 0) is 45.4 Å². The highest BCUT2D eigenvalue weighted by Crippen LogP contribution is 2.38. The van der Waals surface area contributed by atoms with Gasteiger partial charge in [0, 0.05) is 12.8 Å². The Labute approximate surface area is 253 Å². The van der Waals surface area contributed by atoms with Crippen LogP contribution in [0.2, 0.25) is 0 Å². The largest absolute Gasteiger partial charge is 0.462 e. The Balaban J connectivity index is 1.82. The number of rotatable bonds is 31. The molecule has 0 amide bonds. The summed E-state index contributed by atoms with van der Waals surface area (Å²) in [6.45, 7) is 6.45. The summed E-state index contributed by atoms with van der Waals surface area (Å²) in [5, 5.41) is 8.59. The van der Waals surface area contributed by atoms with E-state index in [0.29, 0.717) is 12.8 Å². The summed E-state index contributed by atoms with van der Waals surface area (Å²) in [7, 11) is 0. The van der Waals surface area contributed by atoms with E-state index >= 15 is 0 Å². The van der Waals surface area contributed by atoms with Gasteiger partial charge in [-0.25, -0.2) is 0 Å². The maximum atomic E-state index is 12.1. The van der Waals surface area contributed by atoms with Crippen molar-refractivity contribution in [2.75, 3.05) is 6.61 Å². The molecule has 0 aromatic heterocycles. The quantitative estimate of drug-likeness (QED) is 0.0605. The lowest BCUT2D eigenvalue weighted by molar-refractivity contribution is -0.158. The van der Waals surface area contributed by atoms with E-state index in [4.69, 9.17) is 9.47 Å². The second-order valence-corrected chi connectivity index (χ2v) is 12.6. The molecule has 0 aromatic rings. The van der Waals surface area contributed by atoms with Gasteiger partial charge >= 0.3 is 11.9 Å². The van der Waals surface area contributed by atoms with Crippen LogP contribution in [0.4, 0.5) is 0 Å². The highest BCUT2D eigenvalue weighted by Gasteiger charge is 2.37. The summed E-state index contributed by atoms with van der Waals surface area (Å²) in [6.07, 6.45) is 31.4. The number of nitrogens with zero attached hydrogens (tertiary/aromatic N) is 2. The maximum Gasteiger partial charge on any atom is 0.306 e. The predicted molar refractivity (Wildman–Crippen MR) is 170 cm³/mol. The molecule has 6 nitrogen and oxygen atoms in total. The van der Waals surface area contributed by atoms with Crippen LogP contribution in [0.5, 0.6) is 0 Å². The van der Waals surface area contributed by atoms with Crippen LogP contribution in [-0.4, -0.2) is 30.3 Å². The Morgan fingerprint density at radius 2 is 0.927 bits per heavy atom. The van der Waals surface area contributed by atoms with Crippen LogP contribution in [0.3, 0.4) is 0 Å². The molecule has 0 N–H and O–H groups in total. The minimum absolute atomic E-state index is 0.0268. The number of ether oxygens (including phenoxy) is 2. The fraction of sp³-hybridized carbons (Fsp3) is 0.943. The van der Waals surface area contributed by atoms with Crippen molar-refractivity contribution in [1.29, 1.82) is 0 Å². The molecular formula is C35H66N2O4. The zero-order valence-corrected chi connectivity index (χ0v) is 27.4. The summed E-state index contributed by atoms with van der Waals surface area (Å²) in [5.41, 5.74) is 0.0268. The summed E-state index contributed by atoms with van der Waals surface area (Å²) in [6, 6.07) is 0. The van der Waals surface area contributed by atoms with Crippen molar-refractivity contribution >= 4 is 11.9 Å². The predicted octanol–water partition coefficient (Wildman–Crippen LogP) is 11.2. The van der Waals surface area contributed by atoms with Crippen molar-refractivity contribution in [1.82, 2.24) is 0 Å². The minimum Gasteiger partial charge on any atom is -0.462 e. The average molecular weight is 579 g/mol. The maximum absolute atomic E-state index is 12.1. The van der Waals surface area contributed by atoms with Gasteiger partial charge in [0.1, 0.15) is 12.7 Å². The Hall–Kier alpha value is -1.46. The number of hydrogen-bond acceptors (Lipinski definition) is 6. The summed E-state index contributed by atoms with van der Waals surface area (Å²) >= 11 is 0. The molecule has 1 rings (SSSR count). The van der Waals surface area contributed by atoms with Gasteiger partial charge in [-0.1, -0.05) is 136 Å². The highest BCUT2D eigenvalue weighted by atomic mass is 16.6. The second kappa shape index (κ2) is 26.2. The number of carbonyl (C=O) groups excluding carboxylic acids is 2. The van der Waals surface area contributed by atoms with Crippen molar-refractivity contribution in [2.45, 2.75) is 206 Å². The summed E-state index contributed by atoms with van der Waals surface area (Å²) in [4.78, 5) is 24.1. The standard InChI is InChI=1S/C35H66N2O4/c1-4-6-8-9-10-11-12-15-18-21-24-27-33(38)40-31-32(3)41-34(39)28-25-22-19-16-13-14-17-20-23-26-30-35(36-37-35)29-7-5-2/h32H,4-31H2,1-3H3. The molecule has 1 aliphatic rings. The molecular weight excluding hydrogens is 512 g/mol. The molecule has 0 saturated heterocycles. The highest BCUT2D eigenvalue weighted by molar-refractivity contribution is 5.70. The number of hydrogen-bond donors (Lipinski definition) is 0. The zero-order valence-electron chi connectivity index (χ0n) is 27.4. The summed E-state index contributed by atoms with van der Waals surface area (Å²) < 4.78 is 10.7. The van der Waals surface area contributed by atoms with Gasteiger partial charge in [-0.15, -0.1) is 0 Å². The van der Waals surface area contributed by atoms with Crippen LogP contribution in [0.1, 0.15) is 194 Å². The fourth-order valence-corrected chi connectivity index (χ4v) is 5.48. The van der Waals surface area contributed by atoms with Crippen LogP contribution < -0.4 is 0 Å². The van der Waals surface area contributed by atoms with E-state index in [1.807, 2.05) is 0 Å². The third-order valence-electron chi connectivity index (χ3n) is 8.32. The minimum atomic E-state index is -0.376. The van der Waals surface area contributed by atoms with Crippen LogP contribution in [0.15, 0.2) is 10.2 Å². The van der Waals surface area contributed by atoms with E-state index in [2.05, 4.69) is 24.1 Å². The molecule has 6 heteroatoms. The first kappa shape index (κ1) is 37.6. The Morgan fingerprint density at radius 1 is 0.537 bits per heavy atom. The lowest BCUT2D eigenvalue weighted by Crippen LogP contribution is -2.22. The first-order chi connectivity index (χ1) is 20.0. The van der Waals surface area contributed by atoms with Crippen LogP contribution in [0, 0.1) is 0 Å². The van der Waals surface area contributed by atoms with E-state index in [9.17, 15) is 9.59 Å². The van der Waals surface area contributed by atoms with Crippen LogP contribution >= 0.6 is 0 Å². The number of carbonyl (C=O) groups is 2. The molecule has 0 radical (unpaired) electrons.